The van der Waals surface area contributed by atoms with E-state index in [-0.39, 0.29) is 11.5 Å². The third-order valence-electron chi connectivity index (χ3n) is 3.97. The van der Waals surface area contributed by atoms with Crippen molar-refractivity contribution in [1.82, 2.24) is 15.0 Å². The molecule has 0 aliphatic rings. The van der Waals surface area contributed by atoms with Crippen LogP contribution in [0.25, 0.3) is 22.2 Å². The molecule has 0 spiro atoms. The molecule has 0 aliphatic carbocycles. The summed E-state index contributed by atoms with van der Waals surface area (Å²) in [4.78, 5) is 21.1. The van der Waals surface area contributed by atoms with Crippen molar-refractivity contribution in [3.05, 3.63) is 82.8 Å². The monoisotopic (exact) mass is 334 g/mol. The zero-order chi connectivity index (χ0) is 17.2. The first-order chi connectivity index (χ1) is 12.2. The molecule has 0 bridgehead atoms. The van der Waals surface area contributed by atoms with E-state index in [0.717, 1.165) is 33.4 Å². The first-order valence-corrected chi connectivity index (χ1v) is 7.83. The Labute approximate surface area is 142 Å². The minimum Gasteiger partial charge on any atom is -0.381 e. The predicted molar refractivity (Wildman–Crippen MR) is 95.9 cm³/mol. The second-order valence-electron chi connectivity index (χ2n) is 5.79. The summed E-state index contributed by atoms with van der Waals surface area (Å²) < 4.78 is 13.2. The summed E-state index contributed by atoms with van der Waals surface area (Å²) in [6.45, 7) is 0.535. The number of pyridine rings is 1. The molecule has 2 heterocycles. The van der Waals surface area contributed by atoms with Gasteiger partial charge in [-0.15, -0.1) is 0 Å². The average molecular weight is 334 g/mol. The van der Waals surface area contributed by atoms with Crippen molar-refractivity contribution in [1.29, 1.82) is 0 Å². The van der Waals surface area contributed by atoms with E-state index in [9.17, 15) is 9.18 Å². The maximum atomic E-state index is 13.2. The highest BCUT2D eigenvalue weighted by atomic mass is 19.1. The van der Waals surface area contributed by atoms with Crippen molar-refractivity contribution in [2.75, 3.05) is 5.32 Å². The maximum Gasteiger partial charge on any atom is 0.323 e. The highest BCUT2D eigenvalue weighted by Gasteiger charge is 2.04. The fourth-order valence-corrected chi connectivity index (χ4v) is 2.76. The lowest BCUT2D eigenvalue weighted by Gasteiger charge is -2.08. The van der Waals surface area contributed by atoms with Crippen LogP contribution in [0, 0.1) is 5.82 Å². The number of fused-ring (bicyclic) bond motifs is 1. The molecule has 25 heavy (non-hydrogen) atoms. The van der Waals surface area contributed by atoms with Crippen molar-refractivity contribution < 1.29 is 4.39 Å². The SMILES string of the molecule is O=c1[nH]c2ccc(-c3cncc(CNc4cccc(F)c4)c3)cc2[nH]1. The molecule has 0 unspecified atom stereocenters. The van der Waals surface area contributed by atoms with Gasteiger partial charge in [-0.1, -0.05) is 12.1 Å². The van der Waals surface area contributed by atoms with Crippen LogP contribution in [0.3, 0.4) is 0 Å². The molecule has 6 heteroatoms. The minimum atomic E-state index is -0.273. The van der Waals surface area contributed by atoms with Crippen LogP contribution >= 0.6 is 0 Å². The molecule has 0 atom stereocenters. The molecule has 3 N–H and O–H groups in total. The van der Waals surface area contributed by atoms with Gasteiger partial charge in [-0.3, -0.25) is 4.98 Å². The summed E-state index contributed by atoms with van der Waals surface area (Å²) >= 11 is 0. The number of imidazole rings is 1. The van der Waals surface area contributed by atoms with Crippen molar-refractivity contribution in [2.24, 2.45) is 0 Å². The number of hydrogen-bond acceptors (Lipinski definition) is 3. The van der Waals surface area contributed by atoms with E-state index in [4.69, 9.17) is 0 Å². The number of benzene rings is 2. The Bertz CT molecular complexity index is 1100. The number of nitrogens with one attached hydrogen (secondary N) is 3. The summed E-state index contributed by atoms with van der Waals surface area (Å²) in [6.07, 6.45) is 3.55. The number of anilines is 1. The number of aromatic nitrogens is 3. The fraction of sp³-hybridized carbons (Fsp3) is 0.0526. The zero-order valence-corrected chi connectivity index (χ0v) is 13.2. The van der Waals surface area contributed by atoms with Gasteiger partial charge in [0.1, 0.15) is 5.82 Å². The van der Waals surface area contributed by atoms with E-state index in [1.807, 2.05) is 30.3 Å². The second-order valence-corrected chi connectivity index (χ2v) is 5.79. The Balaban J connectivity index is 1.58. The van der Waals surface area contributed by atoms with Gasteiger partial charge in [-0.25, -0.2) is 9.18 Å². The highest BCUT2D eigenvalue weighted by molar-refractivity contribution is 5.81. The van der Waals surface area contributed by atoms with E-state index in [2.05, 4.69) is 20.3 Å². The normalized spacial score (nSPS) is 10.9. The minimum absolute atomic E-state index is 0.224. The molecular formula is C19H15FN4O. The fourth-order valence-electron chi connectivity index (χ4n) is 2.76. The van der Waals surface area contributed by atoms with Gasteiger partial charge in [0, 0.05) is 30.2 Å². The van der Waals surface area contributed by atoms with E-state index in [1.54, 1.807) is 18.5 Å². The number of hydrogen-bond donors (Lipinski definition) is 3. The van der Waals surface area contributed by atoms with Crippen LogP contribution in [0.4, 0.5) is 10.1 Å². The summed E-state index contributed by atoms with van der Waals surface area (Å²) in [7, 11) is 0. The average Bonchev–Trinajstić information content (AvgIpc) is 2.99. The molecule has 0 radical (unpaired) electrons. The lowest BCUT2D eigenvalue weighted by atomic mass is 10.1. The molecule has 5 nitrogen and oxygen atoms in total. The number of rotatable bonds is 4. The molecule has 0 saturated heterocycles. The quantitative estimate of drug-likeness (QED) is 0.533. The van der Waals surface area contributed by atoms with Gasteiger partial charge in [0.05, 0.1) is 11.0 Å². The van der Waals surface area contributed by atoms with Crippen molar-refractivity contribution >= 4 is 16.7 Å². The molecule has 2 aromatic heterocycles. The van der Waals surface area contributed by atoms with E-state index in [0.29, 0.717) is 6.54 Å². The largest absolute Gasteiger partial charge is 0.381 e. The second kappa shape index (κ2) is 6.24. The van der Waals surface area contributed by atoms with Crippen LogP contribution in [0.1, 0.15) is 5.56 Å². The van der Waals surface area contributed by atoms with Crippen LogP contribution in [0.2, 0.25) is 0 Å². The summed E-state index contributed by atoms with van der Waals surface area (Å²) in [5.41, 5.74) is 4.90. The van der Waals surface area contributed by atoms with Gasteiger partial charge < -0.3 is 15.3 Å². The number of H-pyrrole nitrogens is 2. The van der Waals surface area contributed by atoms with Crippen LogP contribution in [-0.4, -0.2) is 15.0 Å². The van der Waals surface area contributed by atoms with Crippen LogP contribution in [0.15, 0.2) is 65.7 Å². The van der Waals surface area contributed by atoms with Crippen LogP contribution in [-0.2, 0) is 6.54 Å². The lowest BCUT2D eigenvalue weighted by molar-refractivity contribution is 0.628. The Morgan fingerprint density at radius 3 is 2.72 bits per heavy atom. The molecule has 0 amide bonds. The van der Waals surface area contributed by atoms with E-state index < -0.39 is 0 Å². The first kappa shape index (κ1) is 15.1. The van der Waals surface area contributed by atoms with E-state index >= 15 is 0 Å². The first-order valence-electron chi connectivity index (χ1n) is 7.83. The van der Waals surface area contributed by atoms with Gasteiger partial charge in [0.25, 0.3) is 0 Å². The highest BCUT2D eigenvalue weighted by Crippen LogP contribution is 2.23. The molecule has 0 saturated carbocycles. The Morgan fingerprint density at radius 2 is 1.84 bits per heavy atom. The molecule has 4 aromatic rings. The van der Waals surface area contributed by atoms with Gasteiger partial charge in [-0.2, -0.15) is 0 Å². The molecular weight excluding hydrogens is 319 g/mol. The molecule has 4 rings (SSSR count). The van der Waals surface area contributed by atoms with Gasteiger partial charge in [-0.05, 0) is 47.5 Å². The summed E-state index contributed by atoms with van der Waals surface area (Å²) in [5, 5.41) is 3.18. The zero-order valence-electron chi connectivity index (χ0n) is 13.2. The van der Waals surface area contributed by atoms with Crippen molar-refractivity contribution in [3.63, 3.8) is 0 Å². The van der Waals surface area contributed by atoms with Crippen LogP contribution in [0.5, 0.6) is 0 Å². The summed E-state index contributed by atoms with van der Waals surface area (Å²) in [5.74, 6) is -0.273. The Hall–Kier alpha value is -3.41. The third kappa shape index (κ3) is 3.28. The van der Waals surface area contributed by atoms with Gasteiger partial charge in [0.2, 0.25) is 0 Å². The Morgan fingerprint density at radius 1 is 0.960 bits per heavy atom. The standard InChI is InChI=1S/C19H15FN4O/c20-15-2-1-3-16(8-15)22-10-12-6-14(11-21-9-12)13-4-5-17-18(7-13)24-19(25)23-17/h1-9,11,22H,10H2,(H2,23,24,25). The smallest absolute Gasteiger partial charge is 0.323 e. The molecule has 0 aliphatic heterocycles. The number of halogens is 1. The van der Waals surface area contributed by atoms with Gasteiger partial charge >= 0.3 is 5.69 Å². The predicted octanol–water partition coefficient (Wildman–Crippen LogP) is 3.67. The van der Waals surface area contributed by atoms with Crippen LogP contribution < -0.4 is 11.0 Å². The number of nitrogens with zero attached hydrogens (tertiary/aromatic N) is 1. The lowest BCUT2D eigenvalue weighted by Crippen LogP contribution is -2.00. The Kier molecular flexibility index (Phi) is 3.78. The van der Waals surface area contributed by atoms with Gasteiger partial charge in [0.15, 0.2) is 0 Å². The maximum absolute atomic E-state index is 13.2. The molecule has 0 fully saturated rings. The van der Waals surface area contributed by atoms with Crippen molar-refractivity contribution in [3.8, 4) is 11.1 Å². The third-order valence-corrected chi connectivity index (χ3v) is 3.97. The summed E-state index contributed by atoms with van der Waals surface area (Å²) in [6, 6.07) is 14.1. The number of aromatic amines is 2. The molecule has 124 valence electrons. The van der Waals surface area contributed by atoms with Crippen molar-refractivity contribution in [2.45, 2.75) is 6.54 Å². The van der Waals surface area contributed by atoms with E-state index in [1.165, 1.54) is 12.1 Å². The topological polar surface area (TPSA) is 73.6 Å². The molecule has 2 aromatic carbocycles.